The molecule has 1 unspecified atom stereocenters. The average molecular weight is 357 g/mol. The first-order chi connectivity index (χ1) is 11.9. The number of hydrogen-bond acceptors (Lipinski definition) is 4. The second kappa shape index (κ2) is 6.72. The number of carbonyl (C=O) groups is 1. The minimum Gasteiger partial charge on any atom is -0.497 e. The molecule has 0 fully saturated rings. The lowest BCUT2D eigenvalue weighted by Gasteiger charge is -2.28. The molecule has 25 heavy (non-hydrogen) atoms. The van der Waals surface area contributed by atoms with Gasteiger partial charge in [0.15, 0.2) is 9.84 Å². The number of carbonyl (C=O) groups excluding carboxylic acids is 1. The largest absolute Gasteiger partial charge is 0.497 e. The number of aryl methyl sites for hydroxylation is 1. The van der Waals surface area contributed by atoms with E-state index in [0.29, 0.717) is 17.0 Å². The van der Waals surface area contributed by atoms with E-state index in [-0.39, 0.29) is 11.7 Å². The Morgan fingerprint density at radius 3 is 2.44 bits per heavy atom. The van der Waals surface area contributed by atoms with Gasteiger partial charge in [-0.15, -0.1) is 0 Å². The molecular formula is C19H19NO4S. The maximum absolute atomic E-state index is 13.1. The maximum atomic E-state index is 13.1. The van der Waals surface area contributed by atoms with Crippen molar-refractivity contribution in [2.45, 2.75) is 13.0 Å². The molecule has 0 aromatic heterocycles. The van der Waals surface area contributed by atoms with Gasteiger partial charge in [-0.1, -0.05) is 12.1 Å². The summed E-state index contributed by atoms with van der Waals surface area (Å²) in [6.45, 7) is 1.93. The summed E-state index contributed by atoms with van der Waals surface area (Å²) in [6, 6.07) is 13.7. The second-order valence-electron chi connectivity index (χ2n) is 5.97. The highest BCUT2D eigenvalue weighted by atomic mass is 32.2. The number of methoxy groups -OCH3 is 1. The van der Waals surface area contributed by atoms with Crippen LogP contribution in [-0.4, -0.2) is 33.2 Å². The van der Waals surface area contributed by atoms with Crippen LogP contribution >= 0.6 is 0 Å². The molecule has 2 aromatic rings. The lowest BCUT2D eigenvalue weighted by atomic mass is 10.1. The van der Waals surface area contributed by atoms with Crippen LogP contribution in [0.3, 0.4) is 0 Å². The van der Waals surface area contributed by atoms with E-state index < -0.39 is 15.9 Å². The summed E-state index contributed by atoms with van der Waals surface area (Å²) in [6.07, 6.45) is 1.57. The predicted molar refractivity (Wildman–Crippen MR) is 97.7 cm³/mol. The van der Waals surface area contributed by atoms with Crippen LogP contribution in [-0.2, 0) is 9.84 Å². The summed E-state index contributed by atoms with van der Waals surface area (Å²) in [5, 5.41) is 1.18. The highest BCUT2D eigenvalue weighted by Crippen LogP contribution is 2.26. The van der Waals surface area contributed by atoms with Gasteiger partial charge in [-0.3, -0.25) is 4.79 Å². The molecule has 1 aliphatic heterocycles. The van der Waals surface area contributed by atoms with Crippen molar-refractivity contribution in [2.75, 3.05) is 17.8 Å². The van der Waals surface area contributed by atoms with E-state index in [1.807, 2.05) is 31.2 Å². The molecule has 0 spiro atoms. The third kappa shape index (κ3) is 3.74. The van der Waals surface area contributed by atoms with Crippen LogP contribution in [0.4, 0.5) is 5.69 Å². The third-order valence-corrected chi connectivity index (χ3v) is 5.46. The summed E-state index contributed by atoms with van der Waals surface area (Å²) in [5.74, 6) is 0.296. The molecule has 0 aliphatic carbocycles. The van der Waals surface area contributed by atoms with Gasteiger partial charge in [-0.05, 0) is 55.0 Å². The van der Waals surface area contributed by atoms with Crippen LogP contribution in [0.2, 0.25) is 0 Å². The SMILES string of the molecule is COc1ccc(C(=O)N(c2cccc(C)c2)C2C=CS(=O)(=O)C2)cc1. The predicted octanol–water partition coefficient (Wildman–Crippen LogP) is 2.96. The lowest BCUT2D eigenvalue weighted by molar-refractivity contribution is 0.0983. The number of sulfone groups is 1. The van der Waals surface area contributed by atoms with Crippen molar-refractivity contribution in [3.63, 3.8) is 0 Å². The molecule has 130 valence electrons. The topological polar surface area (TPSA) is 63.7 Å². The van der Waals surface area contributed by atoms with Crippen molar-refractivity contribution in [1.29, 1.82) is 0 Å². The number of anilines is 1. The van der Waals surface area contributed by atoms with E-state index in [9.17, 15) is 13.2 Å². The van der Waals surface area contributed by atoms with E-state index in [2.05, 4.69) is 0 Å². The molecule has 2 aromatic carbocycles. The Morgan fingerprint density at radius 1 is 1.16 bits per heavy atom. The molecule has 1 atom stereocenters. The minimum absolute atomic E-state index is 0.108. The zero-order valence-electron chi connectivity index (χ0n) is 14.0. The number of nitrogens with zero attached hydrogens (tertiary/aromatic N) is 1. The highest BCUT2D eigenvalue weighted by molar-refractivity contribution is 7.94. The first-order valence-electron chi connectivity index (χ1n) is 7.85. The molecule has 3 rings (SSSR count). The smallest absolute Gasteiger partial charge is 0.258 e. The van der Waals surface area contributed by atoms with E-state index in [1.165, 1.54) is 10.3 Å². The number of benzene rings is 2. The van der Waals surface area contributed by atoms with Crippen LogP contribution in [0.25, 0.3) is 0 Å². The lowest BCUT2D eigenvalue weighted by Crippen LogP contribution is -2.41. The molecule has 0 saturated carbocycles. The monoisotopic (exact) mass is 357 g/mol. The average Bonchev–Trinajstić information content (AvgIpc) is 2.94. The second-order valence-corrected chi connectivity index (χ2v) is 7.90. The Balaban J connectivity index is 2.01. The van der Waals surface area contributed by atoms with Crippen LogP contribution in [0.15, 0.2) is 60.0 Å². The first kappa shape index (κ1) is 17.2. The number of hydrogen-bond donors (Lipinski definition) is 0. The number of rotatable bonds is 4. The molecule has 0 bridgehead atoms. The van der Waals surface area contributed by atoms with Crippen LogP contribution in [0, 0.1) is 6.92 Å². The van der Waals surface area contributed by atoms with Gasteiger partial charge in [0, 0.05) is 16.7 Å². The zero-order valence-corrected chi connectivity index (χ0v) is 14.9. The summed E-state index contributed by atoms with van der Waals surface area (Å²) >= 11 is 0. The fraction of sp³-hybridized carbons (Fsp3) is 0.211. The molecule has 0 saturated heterocycles. The Morgan fingerprint density at radius 2 is 1.88 bits per heavy atom. The molecule has 1 amide bonds. The molecule has 6 heteroatoms. The highest BCUT2D eigenvalue weighted by Gasteiger charge is 2.32. The van der Waals surface area contributed by atoms with Crippen molar-refractivity contribution in [1.82, 2.24) is 0 Å². The Labute approximate surface area is 147 Å². The van der Waals surface area contributed by atoms with Gasteiger partial charge in [0.2, 0.25) is 0 Å². The van der Waals surface area contributed by atoms with Crippen molar-refractivity contribution in [3.05, 3.63) is 71.1 Å². The van der Waals surface area contributed by atoms with Gasteiger partial charge in [0.1, 0.15) is 5.75 Å². The molecule has 1 heterocycles. The summed E-state index contributed by atoms with van der Waals surface area (Å²) < 4.78 is 28.8. The third-order valence-electron chi connectivity index (χ3n) is 4.08. The van der Waals surface area contributed by atoms with E-state index in [4.69, 9.17) is 4.74 Å². The Kier molecular flexibility index (Phi) is 4.63. The minimum atomic E-state index is -3.28. The first-order valence-corrected chi connectivity index (χ1v) is 9.56. The van der Waals surface area contributed by atoms with Crippen molar-refractivity contribution in [3.8, 4) is 5.75 Å². The van der Waals surface area contributed by atoms with Crippen molar-refractivity contribution in [2.24, 2.45) is 0 Å². The number of amides is 1. The van der Waals surface area contributed by atoms with Gasteiger partial charge in [0.25, 0.3) is 5.91 Å². The van der Waals surface area contributed by atoms with Gasteiger partial charge < -0.3 is 9.64 Å². The summed E-state index contributed by atoms with van der Waals surface area (Å²) in [7, 11) is -1.72. The molecule has 0 N–H and O–H groups in total. The normalized spacial score (nSPS) is 18.1. The maximum Gasteiger partial charge on any atom is 0.258 e. The van der Waals surface area contributed by atoms with E-state index in [0.717, 1.165) is 5.56 Å². The van der Waals surface area contributed by atoms with Gasteiger partial charge in [-0.2, -0.15) is 0 Å². The fourth-order valence-electron chi connectivity index (χ4n) is 2.83. The summed E-state index contributed by atoms with van der Waals surface area (Å²) in [4.78, 5) is 14.6. The summed E-state index contributed by atoms with van der Waals surface area (Å²) in [5.41, 5.74) is 2.14. The van der Waals surface area contributed by atoms with Crippen molar-refractivity contribution < 1.29 is 17.9 Å². The van der Waals surface area contributed by atoms with Crippen molar-refractivity contribution >= 4 is 21.4 Å². The van der Waals surface area contributed by atoms with Gasteiger partial charge in [-0.25, -0.2) is 8.42 Å². The molecule has 1 aliphatic rings. The van der Waals surface area contributed by atoms with Crippen LogP contribution < -0.4 is 9.64 Å². The quantitative estimate of drug-likeness (QED) is 0.844. The van der Waals surface area contributed by atoms with Gasteiger partial charge >= 0.3 is 0 Å². The standard InChI is InChI=1S/C19H19NO4S/c1-14-4-3-5-16(12-14)20(17-10-11-25(22,23)13-17)19(21)15-6-8-18(24-2)9-7-15/h3-12,17H,13H2,1-2H3. The van der Waals surface area contributed by atoms with Gasteiger partial charge in [0.05, 0.1) is 18.9 Å². The molecule has 0 radical (unpaired) electrons. The fourth-order valence-corrected chi connectivity index (χ4v) is 4.10. The zero-order chi connectivity index (χ0) is 18.0. The van der Waals surface area contributed by atoms with E-state index >= 15 is 0 Å². The van der Waals surface area contributed by atoms with Crippen LogP contribution in [0.5, 0.6) is 5.75 Å². The Bertz CT molecular complexity index is 917. The molecule has 5 nitrogen and oxygen atoms in total. The van der Waals surface area contributed by atoms with Crippen LogP contribution in [0.1, 0.15) is 15.9 Å². The molecular weight excluding hydrogens is 338 g/mol. The van der Waals surface area contributed by atoms with E-state index in [1.54, 1.807) is 37.5 Å². The number of ether oxygens (including phenoxy) is 1. The Hall–Kier alpha value is -2.60.